The van der Waals surface area contributed by atoms with Crippen LogP contribution in [-0.4, -0.2) is 30.1 Å². The zero-order valence-electron chi connectivity index (χ0n) is 17.6. The Bertz CT molecular complexity index is 1170. The normalized spacial score (nSPS) is 14.2. The number of hydrogen-bond acceptors (Lipinski definition) is 5. The number of esters is 1. The lowest BCUT2D eigenvalue weighted by molar-refractivity contribution is -0.123. The average Bonchev–Trinajstić information content (AvgIpc) is 3.60. The second-order valence-electron chi connectivity index (χ2n) is 7.72. The minimum Gasteiger partial charge on any atom is -0.495 e. The summed E-state index contributed by atoms with van der Waals surface area (Å²) in [7, 11) is 1.49. The number of nitrogens with zero attached hydrogens (tertiary/aromatic N) is 1. The second-order valence-corrected chi connectivity index (χ2v) is 8.13. The Balaban J connectivity index is 1.54. The van der Waals surface area contributed by atoms with E-state index in [9.17, 15) is 9.59 Å². The molecule has 1 amide bonds. The summed E-state index contributed by atoms with van der Waals surface area (Å²) in [6.07, 6.45) is 1.13. The van der Waals surface area contributed by atoms with E-state index in [1.54, 1.807) is 18.2 Å². The first kappa shape index (κ1) is 21.1. The van der Waals surface area contributed by atoms with Crippen molar-refractivity contribution in [1.29, 1.82) is 0 Å². The number of pyridine rings is 1. The van der Waals surface area contributed by atoms with Crippen molar-refractivity contribution in [3.05, 3.63) is 64.3 Å². The molecule has 0 spiro atoms. The number of rotatable bonds is 6. The van der Waals surface area contributed by atoms with E-state index in [0.717, 1.165) is 29.6 Å². The molecule has 0 radical (unpaired) electrons. The zero-order valence-corrected chi connectivity index (χ0v) is 18.3. The van der Waals surface area contributed by atoms with Crippen LogP contribution in [0.25, 0.3) is 10.9 Å². The van der Waals surface area contributed by atoms with Gasteiger partial charge in [0.25, 0.3) is 5.91 Å². The van der Waals surface area contributed by atoms with Gasteiger partial charge in [0, 0.05) is 28.1 Å². The van der Waals surface area contributed by atoms with Crippen LogP contribution in [0.5, 0.6) is 5.75 Å². The molecule has 31 heavy (non-hydrogen) atoms. The summed E-state index contributed by atoms with van der Waals surface area (Å²) in [6, 6.07) is 12.6. The van der Waals surface area contributed by atoms with Crippen molar-refractivity contribution < 1.29 is 19.1 Å². The molecule has 1 aliphatic rings. The first-order valence-electron chi connectivity index (χ1n) is 10.1. The largest absolute Gasteiger partial charge is 0.495 e. The lowest BCUT2D eigenvalue weighted by Gasteiger charge is -2.17. The van der Waals surface area contributed by atoms with Crippen LogP contribution in [0.4, 0.5) is 5.69 Å². The van der Waals surface area contributed by atoms with Gasteiger partial charge >= 0.3 is 5.97 Å². The van der Waals surface area contributed by atoms with E-state index >= 15 is 0 Å². The molecule has 1 aliphatic carbocycles. The molecule has 4 rings (SSSR count). The number of fused-ring (bicyclic) bond motifs is 1. The minimum atomic E-state index is -1.01. The molecule has 7 heteroatoms. The van der Waals surface area contributed by atoms with Gasteiger partial charge in [-0.1, -0.05) is 29.8 Å². The zero-order chi connectivity index (χ0) is 22.1. The fourth-order valence-corrected chi connectivity index (χ4v) is 3.55. The van der Waals surface area contributed by atoms with E-state index < -0.39 is 18.0 Å². The summed E-state index contributed by atoms with van der Waals surface area (Å²) in [5.74, 6) is -0.203. The Morgan fingerprint density at radius 2 is 1.94 bits per heavy atom. The predicted molar refractivity (Wildman–Crippen MR) is 120 cm³/mol. The van der Waals surface area contributed by atoms with Crippen molar-refractivity contribution in [2.24, 2.45) is 0 Å². The number of benzene rings is 2. The van der Waals surface area contributed by atoms with Crippen molar-refractivity contribution >= 4 is 40.1 Å². The van der Waals surface area contributed by atoms with Crippen molar-refractivity contribution in [2.45, 2.75) is 38.7 Å². The number of carbonyl (C=O) groups is 2. The molecule has 0 saturated heterocycles. The van der Waals surface area contributed by atoms with E-state index in [1.807, 2.05) is 31.2 Å². The van der Waals surface area contributed by atoms with Gasteiger partial charge in [-0.25, -0.2) is 4.79 Å². The first-order chi connectivity index (χ1) is 14.9. The Hall–Kier alpha value is -3.12. The van der Waals surface area contributed by atoms with Gasteiger partial charge < -0.3 is 14.8 Å². The maximum Gasteiger partial charge on any atom is 0.339 e. The Morgan fingerprint density at radius 1 is 1.19 bits per heavy atom. The number of amides is 1. The van der Waals surface area contributed by atoms with E-state index in [1.165, 1.54) is 14.0 Å². The Labute approximate surface area is 185 Å². The number of carbonyl (C=O) groups excluding carboxylic acids is 2. The highest BCUT2D eigenvalue weighted by molar-refractivity contribution is 6.31. The van der Waals surface area contributed by atoms with E-state index in [4.69, 9.17) is 21.1 Å². The number of hydrogen-bond donors (Lipinski definition) is 1. The molecule has 1 heterocycles. The lowest BCUT2D eigenvalue weighted by Crippen LogP contribution is -2.30. The molecule has 2 aromatic carbocycles. The van der Waals surface area contributed by atoms with Crippen LogP contribution >= 0.6 is 11.6 Å². The van der Waals surface area contributed by atoms with E-state index in [0.29, 0.717) is 33.3 Å². The molecule has 6 nitrogen and oxygen atoms in total. The highest BCUT2D eigenvalue weighted by Gasteiger charge is 2.28. The van der Waals surface area contributed by atoms with Gasteiger partial charge in [-0.2, -0.15) is 0 Å². The van der Waals surface area contributed by atoms with Crippen LogP contribution in [0.2, 0.25) is 5.02 Å². The van der Waals surface area contributed by atoms with E-state index in [-0.39, 0.29) is 0 Å². The molecular formula is C24H23ClN2O4. The fourth-order valence-electron chi connectivity index (χ4n) is 3.39. The Morgan fingerprint density at radius 3 is 2.65 bits per heavy atom. The standard InChI is InChI=1S/C24H23ClN2O4/c1-13-10-21(22(30-3)12-18(13)25)27-23(28)14(2)31-24(29)17-11-20(15-8-9-15)26-19-7-5-4-6-16(17)19/h4-7,10-12,14-15H,8-9H2,1-3H3,(H,27,28). The van der Waals surface area contributed by atoms with Crippen LogP contribution in [0.15, 0.2) is 42.5 Å². The second kappa shape index (κ2) is 8.55. The van der Waals surface area contributed by atoms with Gasteiger partial charge in [0.2, 0.25) is 0 Å². The quantitative estimate of drug-likeness (QED) is 0.530. The summed E-state index contributed by atoms with van der Waals surface area (Å²) in [5.41, 5.74) is 3.31. The van der Waals surface area contributed by atoms with Gasteiger partial charge in [-0.05, 0) is 50.5 Å². The van der Waals surface area contributed by atoms with Gasteiger partial charge in [-0.15, -0.1) is 0 Å². The predicted octanol–water partition coefficient (Wildman–Crippen LogP) is 5.27. The van der Waals surface area contributed by atoms with E-state index in [2.05, 4.69) is 10.3 Å². The molecule has 1 unspecified atom stereocenters. The van der Waals surface area contributed by atoms with Crippen LogP contribution in [0.3, 0.4) is 0 Å². The number of aryl methyl sites for hydroxylation is 1. The summed E-state index contributed by atoms with van der Waals surface area (Å²) in [6.45, 7) is 3.36. The number of anilines is 1. The van der Waals surface area contributed by atoms with Crippen molar-refractivity contribution in [3.63, 3.8) is 0 Å². The van der Waals surface area contributed by atoms with Crippen molar-refractivity contribution in [2.75, 3.05) is 12.4 Å². The highest BCUT2D eigenvalue weighted by Crippen LogP contribution is 2.40. The van der Waals surface area contributed by atoms with Crippen molar-refractivity contribution in [1.82, 2.24) is 4.98 Å². The first-order valence-corrected chi connectivity index (χ1v) is 10.5. The van der Waals surface area contributed by atoms with Crippen molar-refractivity contribution in [3.8, 4) is 5.75 Å². The summed E-state index contributed by atoms with van der Waals surface area (Å²) < 4.78 is 10.8. The van der Waals surface area contributed by atoms with Crippen LogP contribution in [0.1, 0.15) is 47.3 Å². The molecule has 160 valence electrons. The molecule has 1 fully saturated rings. The fraction of sp³-hybridized carbons (Fsp3) is 0.292. The topological polar surface area (TPSA) is 77.5 Å². The van der Waals surface area contributed by atoms with Crippen LogP contribution < -0.4 is 10.1 Å². The molecule has 1 atom stereocenters. The number of para-hydroxylation sites is 1. The molecule has 1 saturated carbocycles. The summed E-state index contributed by atoms with van der Waals surface area (Å²) >= 11 is 6.12. The molecular weight excluding hydrogens is 416 g/mol. The third-order valence-electron chi connectivity index (χ3n) is 5.34. The number of nitrogens with one attached hydrogen (secondary N) is 1. The minimum absolute atomic E-state index is 0.387. The molecule has 0 aliphatic heterocycles. The van der Waals surface area contributed by atoms with Gasteiger partial charge in [0.05, 0.1) is 23.9 Å². The molecule has 0 bridgehead atoms. The molecule has 3 aromatic rings. The maximum absolute atomic E-state index is 13.0. The monoisotopic (exact) mass is 438 g/mol. The number of aromatic nitrogens is 1. The van der Waals surface area contributed by atoms with Gasteiger partial charge in [0.1, 0.15) is 5.75 Å². The van der Waals surface area contributed by atoms with Crippen LogP contribution in [-0.2, 0) is 9.53 Å². The number of methoxy groups -OCH3 is 1. The highest BCUT2D eigenvalue weighted by atomic mass is 35.5. The number of ether oxygens (including phenoxy) is 2. The van der Waals surface area contributed by atoms with Gasteiger partial charge in [-0.3, -0.25) is 9.78 Å². The summed E-state index contributed by atoms with van der Waals surface area (Å²) in [5, 5.41) is 3.99. The molecule has 1 N–H and O–H groups in total. The summed E-state index contributed by atoms with van der Waals surface area (Å²) in [4.78, 5) is 30.3. The third-order valence-corrected chi connectivity index (χ3v) is 5.75. The molecule has 1 aromatic heterocycles. The van der Waals surface area contributed by atoms with Crippen LogP contribution in [0, 0.1) is 6.92 Å². The van der Waals surface area contributed by atoms with Gasteiger partial charge in [0.15, 0.2) is 6.10 Å². The third kappa shape index (κ3) is 4.49. The smallest absolute Gasteiger partial charge is 0.339 e. The Kier molecular flexibility index (Phi) is 5.83. The number of halogens is 1. The SMILES string of the molecule is COc1cc(Cl)c(C)cc1NC(=O)C(C)OC(=O)c1cc(C2CC2)nc2ccccc12. The average molecular weight is 439 g/mol. The lowest BCUT2D eigenvalue weighted by atomic mass is 10.1. The maximum atomic E-state index is 13.0.